The molecule has 0 unspecified atom stereocenters. The zero-order valence-electron chi connectivity index (χ0n) is 9.39. The van der Waals surface area contributed by atoms with Gasteiger partial charge in [0.15, 0.2) is 0 Å². The van der Waals surface area contributed by atoms with Crippen LogP contribution in [0.25, 0.3) is 0 Å². The van der Waals surface area contributed by atoms with Gasteiger partial charge in [0, 0.05) is 25.5 Å². The Bertz CT molecular complexity index is 391. The van der Waals surface area contributed by atoms with Gasteiger partial charge in [-0.25, -0.2) is 9.78 Å². The molecular weight excluding hydrogens is 225 g/mol. The maximum Gasteiger partial charge on any atom is 0.338 e. The Kier molecular flexibility index (Phi) is 4.03. The van der Waals surface area contributed by atoms with Crippen LogP contribution in [0.4, 0.5) is 4.39 Å². The smallest absolute Gasteiger partial charge is 0.338 e. The Morgan fingerprint density at radius 3 is 3.00 bits per heavy atom. The molecule has 2 rings (SSSR count). The summed E-state index contributed by atoms with van der Waals surface area (Å²) in [5, 5.41) is 0. The van der Waals surface area contributed by atoms with Gasteiger partial charge in [-0.2, -0.15) is 4.39 Å². The highest BCUT2D eigenvalue weighted by Crippen LogP contribution is 2.15. The van der Waals surface area contributed by atoms with E-state index in [2.05, 4.69) is 4.98 Å². The second kappa shape index (κ2) is 5.72. The fourth-order valence-electron chi connectivity index (χ4n) is 1.72. The van der Waals surface area contributed by atoms with Crippen molar-refractivity contribution in [3.8, 4) is 0 Å². The van der Waals surface area contributed by atoms with Gasteiger partial charge in [0.25, 0.3) is 0 Å². The molecule has 92 valence electrons. The third-order valence-electron chi connectivity index (χ3n) is 2.75. The second-order valence-electron chi connectivity index (χ2n) is 4.02. The number of pyridine rings is 1. The Hall–Kier alpha value is -1.49. The lowest BCUT2D eigenvalue weighted by molar-refractivity contribution is 0.0185. The van der Waals surface area contributed by atoms with E-state index in [1.165, 1.54) is 12.3 Å². The molecule has 1 aromatic heterocycles. The van der Waals surface area contributed by atoms with E-state index in [1.807, 2.05) is 0 Å². The molecule has 0 saturated carbocycles. The molecule has 0 bridgehead atoms. The first kappa shape index (κ1) is 12.0. The van der Waals surface area contributed by atoms with Crippen LogP contribution in [0.1, 0.15) is 23.2 Å². The standard InChI is InChI=1S/C12H14FNO3/c13-11-7-10(1-4-14-11)12(15)17-8-9-2-5-16-6-3-9/h1,4,7,9H,2-3,5-6,8H2. The molecule has 1 aromatic rings. The molecule has 1 saturated heterocycles. The summed E-state index contributed by atoms with van der Waals surface area (Å²) in [7, 11) is 0. The minimum atomic E-state index is -0.675. The van der Waals surface area contributed by atoms with Gasteiger partial charge in [0.1, 0.15) is 0 Å². The largest absolute Gasteiger partial charge is 0.462 e. The SMILES string of the molecule is O=C(OCC1CCOCC1)c1ccnc(F)c1. The van der Waals surface area contributed by atoms with Crippen LogP contribution >= 0.6 is 0 Å². The molecule has 0 atom stereocenters. The van der Waals surface area contributed by atoms with E-state index < -0.39 is 11.9 Å². The molecule has 0 amide bonds. The van der Waals surface area contributed by atoms with E-state index >= 15 is 0 Å². The fourth-order valence-corrected chi connectivity index (χ4v) is 1.72. The number of ether oxygens (including phenoxy) is 2. The Morgan fingerprint density at radius 2 is 2.29 bits per heavy atom. The summed E-state index contributed by atoms with van der Waals surface area (Å²) in [5.41, 5.74) is 0.199. The minimum Gasteiger partial charge on any atom is -0.462 e. The van der Waals surface area contributed by atoms with Crippen LogP contribution in [-0.2, 0) is 9.47 Å². The van der Waals surface area contributed by atoms with Gasteiger partial charge in [-0.05, 0) is 24.8 Å². The first-order valence-corrected chi connectivity index (χ1v) is 5.62. The first-order chi connectivity index (χ1) is 8.25. The predicted molar refractivity (Wildman–Crippen MR) is 58.0 cm³/mol. The van der Waals surface area contributed by atoms with Gasteiger partial charge in [-0.1, -0.05) is 0 Å². The molecule has 0 radical (unpaired) electrons. The van der Waals surface area contributed by atoms with Crippen molar-refractivity contribution in [2.24, 2.45) is 5.92 Å². The lowest BCUT2D eigenvalue weighted by atomic mass is 10.0. The zero-order chi connectivity index (χ0) is 12.1. The first-order valence-electron chi connectivity index (χ1n) is 5.62. The minimum absolute atomic E-state index is 0.199. The molecule has 5 heteroatoms. The van der Waals surface area contributed by atoms with Crippen molar-refractivity contribution in [2.75, 3.05) is 19.8 Å². The highest BCUT2D eigenvalue weighted by molar-refractivity contribution is 5.89. The average Bonchev–Trinajstić information content (AvgIpc) is 2.37. The molecule has 0 aliphatic carbocycles. The lowest BCUT2D eigenvalue weighted by Crippen LogP contribution is -2.22. The molecule has 17 heavy (non-hydrogen) atoms. The second-order valence-corrected chi connectivity index (χ2v) is 4.02. The van der Waals surface area contributed by atoms with Crippen molar-refractivity contribution in [1.29, 1.82) is 0 Å². The summed E-state index contributed by atoms with van der Waals surface area (Å²) in [6.07, 6.45) is 3.05. The normalized spacial score (nSPS) is 16.8. The van der Waals surface area contributed by atoms with Crippen LogP contribution in [0.15, 0.2) is 18.3 Å². The van der Waals surface area contributed by atoms with E-state index in [0.29, 0.717) is 25.7 Å². The quantitative estimate of drug-likeness (QED) is 0.596. The Balaban J connectivity index is 1.84. The number of halogens is 1. The lowest BCUT2D eigenvalue weighted by Gasteiger charge is -2.21. The summed E-state index contributed by atoms with van der Waals surface area (Å²) < 4.78 is 23.1. The summed E-state index contributed by atoms with van der Waals surface area (Å²) in [4.78, 5) is 15.0. The Morgan fingerprint density at radius 1 is 1.53 bits per heavy atom. The highest BCUT2D eigenvalue weighted by atomic mass is 19.1. The van der Waals surface area contributed by atoms with E-state index in [1.54, 1.807) is 0 Å². The monoisotopic (exact) mass is 239 g/mol. The van der Waals surface area contributed by atoms with E-state index in [-0.39, 0.29) is 5.56 Å². The number of rotatable bonds is 3. The van der Waals surface area contributed by atoms with Crippen molar-refractivity contribution in [2.45, 2.75) is 12.8 Å². The number of hydrogen-bond donors (Lipinski definition) is 0. The molecule has 1 aliphatic heterocycles. The number of carbonyl (C=O) groups is 1. The zero-order valence-corrected chi connectivity index (χ0v) is 9.39. The van der Waals surface area contributed by atoms with Crippen LogP contribution in [0.3, 0.4) is 0 Å². The van der Waals surface area contributed by atoms with Crippen LogP contribution in [0.2, 0.25) is 0 Å². The molecule has 0 N–H and O–H groups in total. The maximum atomic E-state index is 12.8. The van der Waals surface area contributed by atoms with Gasteiger partial charge in [-0.3, -0.25) is 0 Å². The van der Waals surface area contributed by atoms with Crippen LogP contribution in [-0.4, -0.2) is 30.8 Å². The van der Waals surface area contributed by atoms with Gasteiger partial charge in [-0.15, -0.1) is 0 Å². The van der Waals surface area contributed by atoms with Crippen molar-refractivity contribution >= 4 is 5.97 Å². The van der Waals surface area contributed by atoms with Crippen LogP contribution < -0.4 is 0 Å². The van der Waals surface area contributed by atoms with Crippen LogP contribution in [0, 0.1) is 11.9 Å². The van der Waals surface area contributed by atoms with Gasteiger partial charge >= 0.3 is 5.97 Å². The third-order valence-corrected chi connectivity index (χ3v) is 2.75. The van der Waals surface area contributed by atoms with Gasteiger partial charge in [0.2, 0.25) is 5.95 Å². The molecule has 1 aliphatic rings. The molecule has 2 heterocycles. The molecule has 0 aromatic carbocycles. The summed E-state index contributed by atoms with van der Waals surface area (Å²) in [5.74, 6) is -0.831. The highest BCUT2D eigenvalue weighted by Gasteiger charge is 2.16. The van der Waals surface area contributed by atoms with E-state index in [4.69, 9.17) is 9.47 Å². The molecule has 4 nitrogen and oxygen atoms in total. The molecule has 0 spiro atoms. The number of nitrogens with zero attached hydrogens (tertiary/aromatic N) is 1. The third kappa shape index (κ3) is 3.49. The number of hydrogen-bond acceptors (Lipinski definition) is 4. The summed E-state index contributed by atoms with van der Waals surface area (Å²) >= 11 is 0. The average molecular weight is 239 g/mol. The topological polar surface area (TPSA) is 48.4 Å². The van der Waals surface area contributed by atoms with Gasteiger partial charge < -0.3 is 9.47 Å². The fraction of sp³-hybridized carbons (Fsp3) is 0.500. The van der Waals surface area contributed by atoms with E-state index in [9.17, 15) is 9.18 Å². The van der Waals surface area contributed by atoms with Crippen molar-refractivity contribution in [1.82, 2.24) is 4.98 Å². The number of esters is 1. The number of carbonyl (C=O) groups excluding carboxylic acids is 1. The summed E-state index contributed by atoms with van der Waals surface area (Å²) in [6.45, 7) is 1.80. The van der Waals surface area contributed by atoms with Crippen molar-refractivity contribution in [3.05, 3.63) is 29.8 Å². The van der Waals surface area contributed by atoms with Crippen molar-refractivity contribution < 1.29 is 18.7 Å². The summed E-state index contributed by atoms with van der Waals surface area (Å²) in [6, 6.07) is 2.52. The van der Waals surface area contributed by atoms with Crippen molar-refractivity contribution in [3.63, 3.8) is 0 Å². The predicted octanol–water partition coefficient (Wildman–Crippen LogP) is 1.80. The van der Waals surface area contributed by atoms with Gasteiger partial charge in [0.05, 0.1) is 12.2 Å². The number of aromatic nitrogens is 1. The Labute approximate surface area is 98.8 Å². The van der Waals surface area contributed by atoms with Crippen LogP contribution in [0.5, 0.6) is 0 Å². The molecular formula is C12H14FNO3. The van der Waals surface area contributed by atoms with E-state index in [0.717, 1.165) is 18.9 Å². The molecule has 1 fully saturated rings. The maximum absolute atomic E-state index is 12.8.